The highest BCUT2D eigenvalue weighted by molar-refractivity contribution is 6.33. The summed E-state index contributed by atoms with van der Waals surface area (Å²) in [6, 6.07) is 5.02. The van der Waals surface area contributed by atoms with Gasteiger partial charge in [0, 0.05) is 12.2 Å². The average molecular weight is 282 g/mol. The zero-order valence-electron chi connectivity index (χ0n) is 11.2. The number of hydrogen-bond acceptors (Lipinski definition) is 2. The minimum atomic E-state index is -0.988. The summed E-state index contributed by atoms with van der Waals surface area (Å²) >= 11 is 5.94. The molecular weight excluding hydrogens is 262 g/mol. The van der Waals surface area contributed by atoms with Crippen LogP contribution in [0.15, 0.2) is 18.2 Å². The van der Waals surface area contributed by atoms with Crippen LogP contribution in [0.4, 0.5) is 5.69 Å². The molecular formula is C15H20ClNO2. The maximum Gasteiger partial charge on any atom is 0.337 e. The molecule has 2 rings (SSSR count). The Morgan fingerprint density at radius 1 is 1.37 bits per heavy atom. The van der Waals surface area contributed by atoms with Gasteiger partial charge in [0.1, 0.15) is 0 Å². The molecule has 4 heteroatoms. The SMILES string of the molecule is CC1CCC(CNc2ccc(C(=O)O)c(Cl)c2)CC1. The van der Waals surface area contributed by atoms with Crippen LogP contribution in [0.1, 0.15) is 43.0 Å². The Kier molecular flexibility index (Phi) is 4.70. The normalized spacial score (nSPS) is 23.1. The summed E-state index contributed by atoms with van der Waals surface area (Å²) in [6.07, 6.45) is 5.17. The summed E-state index contributed by atoms with van der Waals surface area (Å²) in [6.45, 7) is 3.25. The minimum absolute atomic E-state index is 0.152. The van der Waals surface area contributed by atoms with Crippen molar-refractivity contribution in [1.82, 2.24) is 0 Å². The van der Waals surface area contributed by atoms with Crippen LogP contribution >= 0.6 is 11.6 Å². The number of carboxylic acid groups (broad SMARTS) is 1. The molecule has 0 unspecified atom stereocenters. The van der Waals surface area contributed by atoms with E-state index in [1.54, 1.807) is 18.2 Å². The number of benzene rings is 1. The average Bonchev–Trinajstić information content (AvgIpc) is 2.37. The highest BCUT2D eigenvalue weighted by Crippen LogP contribution is 2.29. The fourth-order valence-electron chi connectivity index (χ4n) is 2.59. The van der Waals surface area contributed by atoms with Crippen molar-refractivity contribution in [2.45, 2.75) is 32.6 Å². The lowest BCUT2D eigenvalue weighted by Gasteiger charge is -2.26. The molecule has 1 aliphatic rings. The highest BCUT2D eigenvalue weighted by atomic mass is 35.5. The quantitative estimate of drug-likeness (QED) is 0.866. The summed E-state index contributed by atoms with van der Waals surface area (Å²) in [5.41, 5.74) is 1.05. The largest absolute Gasteiger partial charge is 0.478 e. The zero-order valence-corrected chi connectivity index (χ0v) is 11.9. The second kappa shape index (κ2) is 6.29. The number of nitrogens with one attached hydrogen (secondary N) is 1. The van der Waals surface area contributed by atoms with Crippen LogP contribution < -0.4 is 5.32 Å². The molecule has 1 aromatic rings. The van der Waals surface area contributed by atoms with E-state index in [2.05, 4.69) is 12.2 Å². The molecule has 0 atom stereocenters. The summed E-state index contributed by atoms with van der Waals surface area (Å²) < 4.78 is 0. The summed E-state index contributed by atoms with van der Waals surface area (Å²) in [7, 11) is 0. The molecule has 1 aromatic carbocycles. The lowest BCUT2D eigenvalue weighted by Crippen LogP contribution is -2.20. The standard InChI is InChI=1S/C15H20ClNO2/c1-10-2-4-11(5-3-10)9-17-12-6-7-13(15(18)19)14(16)8-12/h6-8,10-11,17H,2-5,9H2,1H3,(H,18,19). The molecule has 0 saturated heterocycles. The molecule has 0 aliphatic heterocycles. The van der Waals surface area contributed by atoms with Crippen LogP contribution in [0.25, 0.3) is 0 Å². The molecule has 1 saturated carbocycles. The van der Waals surface area contributed by atoms with Gasteiger partial charge in [-0.2, -0.15) is 0 Å². The molecule has 1 fully saturated rings. The van der Waals surface area contributed by atoms with Gasteiger partial charge in [0.2, 0.25) is 0 Å². The lowest BCUT2D eigenvalue weighted by atomic mass is 9.83. The summed E-state index contributed by atoms with van der Waals surface area (Å²) in [4.78, 5) is 10.9. The molecule has 3 nitrogen and oxygen atoms in total. The number of halogens is 1. The lowest BCUT2D eigenvalue weighted by molar-refractivity contribution is 0.0697. The van der Waals surface area contributed by atoms with Crippen LogP contribution in [0.3, 0.4) is 0 Å². The van der Waals surface area contributed by atoms with Crippen molar-refractivity contribution in [1.29, 1.82) is 0 Å². The van der Waals surface area contributed by atoms with Gasteiger partial charge in [-0.15, -0.1) is 0 Å². The van der Waals surface area contributed by atoms with Crippen LogP contribution in [0.5, 0.6) is 0 Å². The van der Waals surface area contributed by atoms with Crippen molar-refractivity contribution >= 4 is 23.3 Å². The van der Waals surface area contributed by atoms with E-state index in [-0.39, 0.29) is 10.6 Å². The number of anilines is 1. The molecule has 0 amide bonds. The minimum Gasteiger partial charge on any atom is -0.478 e. The fraction of sp³-hybridized carbons (Fsp3) is 0.533. The van der Waals surface area contributed by atoms with Crippen LogP contribution in [-0.2, 0) is 0 Å². The van der Waals surface area contributed by atoms with Gasteiger partial charge in [-0.25, -0.2) is 4.79 Å². The molecule has 2 N–H and O–H groups in total. The van der Waals surface area contributed by atoms with E-state index in [1.807, 2.05) is 0 Å². The van der Waals surface area contributed by atoms with Crippen molar-refractivity contribution in [2.75, 3.05) is 11.9 Å². The molecule has 19 heavy (non-hydrogen) atoms. The third kappa shape index (κ3) is 3.87. The first-order chi connectivity index (χ1) is 9.06. The third-order valence-electron chi connectivity index (χ3n) is 3.93. The molecule has 0 aromatic heterocycles. The Labute approximate surface area is 119 Å². The maximum atomic E-state index is 10.9. The van der Waals surface area contributed by atoms with E-state index in [1.165, 1.54) is 25.7 Å². The van der Waals surface area contributed by atoms with E-state index >= 15 is 0 Å². The van der Waals surface area contributed by atoms with Gasteiger partial charge in [0.05, 0.1) is 10.6 Å². The van der Waals surface area contributed by atoms with Gasteiger partial charge < -0.3 is 10.4 Å². The van der Waals surface area contributed by atoms with Gasteiger partial charge in [0.25, 0.3) is 0 Å². The number of rotatable bonds is 4. The Bertz CT molecular complexity index is 453. The maximum absolute atomic E-state index is 10.9. The molecule has 104 valence electrons. The number of hydrogen-bond donors (Lipinski definition) is 2. The van der Waals surface area contributed by atoms with E-state index in [0.717, 1.165) is 18.2 Å². The molecule has 0 spiro atoms. The van der Waals surface area contributed by atoms with Crippen molar-refractivity contribution in [3.05, 3.63) is 28.8 Å². The predicted octanol–water partition coefficient (Wildman–Crippen LogP) is 4.28. The van der Waals surface area contributed by atoms with Gasteiger partial charge in [-0.1, -0.05) is 31.4 Å². The second-order valence-electron chi connectivity index (χ2n) is 5.51. The Hall–Kier alpha value is -1.22. The van der Waals surface area contributed by atoms with E-state index < -0.39 is 5.97 Å². The zero-order chi connectivity index (χ0) is 13.8. The third-order valence-corrected chi connectivity index (χ3v) is 4.24. The van der Waals surface area contributed by atoms with Crippen molar-refractivity contribution in [2.24, 2.45) is 11.8 Å². The van der Waals surface area contributed by atoms with Crippen LogP contribution in [0.2, 0.25) is 5.02 Å². The Morgan fingerprint density at radius 2 is 2.05 bits per heavy atom. The predicted molar refractivity (Wildman–Crippen MR) is 78.0 cm³/mol. The van der Waals surface area contributed by atoms with Crippen LogP contribution in [0, 0.1) is 11.8 Å². The van der Waals surface area contributed by atoms with Crippen LogP contribution in [-0.4, -0.2) is 17.6 Å². The van der Waals surface area contributed by atoms with Gasteiger partial charge in [0.15, 0.2) is 0 Å². The topological polar surface area (TPSA) is 49.3 Å². The van der Waals surface area contributed by atoms with E-state index in [0.29, 0.717) is 5.92 Å². The van der Waals surface area contributed by atoms with E-state index in [9.17, 15) is 4.79 Å². The Morgan fingerprint density at radius 3 is 2.63 bits per heavy atom. The molecule has 0 heterocycles. The molecule has 1 aliphatic carbocycles. The smallest absolute Gasteiger partial charge is 0.337 e. The highest BCUT2D eigenvalue weighted by Gasteiger charge is 2.18. The summed E-state index contributed by atoms with van der Waals surface area (Å²) in [5.74, 6) is 0.590. The monoisotopic (exact) mass is 281 g/mol. The summed E-state index contributed by atoms with van der Waals surface area (Å²) in [5, 5.41) is 12.6. The number of carbonyl (C=O) groups is 1. The Balaban J connectivity index is 1.89. The van der Waals surface area contributed by atoms with Gasteiger partial charge >= 0.3 is 5.97 Å². The first-order valence-electron chi connectivity index (χ1n) is 6.83. The van der Waals surface area contributed by atoms with Crippen molar-refractivity contribution in [3.63, 3.8) is 0 Å². The van der Waals surface area contributed by atoms with Gasteiger partial charge in [-0.3, -0.25) is 0 Å². The fourth-order valence-corrected chi connectivity index (χ4v) is 2.86. The van der Waals surface area contributed by atoms with Crippen molar-refractivity contribution in [3.8, 4) is 0 Å². The first kappa shape index (κ1) is 14.2. The van der Waals surface area contributed by atoms with Gasteiger partial charge in [-0.05, 0) is 42.9 Å². The molecule has 0 bridgehead atoms. The van der Waals surface area contributed by atoms with Crippen molar-refractivity contribution < 1.29 is 9.90 Å². The van der Waals surface area contributed by atoms with E-state index in [4.69, 9.17) is 16.7 Å². The first-order valence-corrected chi connectivity index (χ1v) is 7.20. The second-order valence-corrected chi connectivity index (χ2v) is 5.91. The number of aromatic carboxylic acids is 1. The number of carboxylic acids is 1. The molecule has 0 radical (unpaired) electrons.